The Morgan fingerprint density at radius 1 is 1.23 bits per heavy atom. The molecule has 30 heavy (non-hydrogen) atoms. The number of rotatable bonds is 9. The van der Waals surface area contributed by atoms with Crippen LogP contribution < -0.4 is 10.6 Å². The lowest BCUT2D eigenvalue weighted by Gasteiger charge is -2.22. The van der Waals surface area contributed by atoms with E-state index in [2.05, 4.69) is 67.8 Å². The van der Waals surface area contributed by atoms with Crippen LogP contribution in [0.25, 0.3) is 0 Å². The van der Waals surface area contributed by atoms with E-state index < -0.39 is 0 Å². The van der Waals surface area contributed by atoms with Crippen LogP contribution in [0.15, 0.2) is 41.4 Å². The molecule has 0 saturated carbocycles. The van der Waals surface area contributed by atoms with Crippen molar-refractivity contribution in [2.45, 2.75) is 65.3 Å². The van der Waals surface area contributed by atoms with Gasteiger partial charge in [-0.25, -0.2) is 4.99 Å². The van der Waals surface area contributed by atoms with Gasteiger partial charge >= 0.3 is 0 Å². The molecule has 164 valence electrons. The van der Waals surface area contributed by atoms with Gasteiger partial charge in [0, 0.05) is 42.0 Å². The van der Waals surface area contributed by atoms with Crippen LogP contribution in [0, 0.1) is 6.92 Å². The van der Waals surface area contributed by atoms with Gasteiger partial charge in [0.1, 0.15) is 0 Å². The summed E-state index contributed by atoms with van der Waals surface area (Å²) in [6.45, 7) is 10.2. The number of nitrogens with one attached hydrogen (secondary N) is 2. The average molecular weight is 430 g/mol. The van der Waals surface area contributed by atoms with Crippen LogP contribution in [-0.4, -0.2) is 37.9 Å². The van der Waals surface area contributed by atoms with E-state index in [-0.39, 0.29) is 0 Å². The Kier molecular flexibility index (Phi) is 9.18. The lowest BCUT2D eigenvalue weighted by atomic mass is 10.1. The molecule has 0 spiro atoms. The van der Waals surface area contributed by atoms with E-state index in [1.165, 1.54) is 20.9 Å². The molecule has 1 aliphatic rings. The Labute approximate surface area is 184 Å². The first kappa shape index (κ1) is 22.8. The molecule has 5 nitrogen and oxygen atoms in total. The van der Waals surface area contributed by atoms with Crippen LogP contribution in [0.1, 0.15) is 47.6 Å². The van der Waals surface area contributed by atoms with E-state index in [9.17, 15) is 0 Å². The standard InChI is InChI=1S/C24H35N3O2S/c1-4-25-24(27-18(2)14-23-9-8-19(3)30-23)26-16-20-6-5-7-21(15-20)17-29-22-10-12-28-13-11-22/h5-9,15,18,22H,4,10-14,16-17H2,1-3H3,(H2,25,26,27). The van der Waals surface area contributed by atoms with Crippen molar-refractivity contribution in [1.82, 2.24) is 10.6 Å². The zero-order valence-corrected chi connectivity index (χ0v) is 19.3. The number of aryl methyl sites for hydroxylation is 1. The zero-order valence-electron chi connectivity index (χ0n) is 18.4. The minimum Gasteiger partial charge on any atom is -0.381 e. The zero-order chi connectivity index (χ0) is 21.2. The van der Waals surface area contributed by atoms with Crippen LogP contribution in [0.4, 0.5) is 0 Å². The Morgan fingerprint density at radius 3 is 2.77 bits per heavy atom. The topological polar surface area (TPSA) is 54.9 Å². The van der Waals surface area contributed by atoms with Crippen molar-refractivity contribution in [3.63, 3.8) is 0 Å². The second-order valence-corrected chi connectivity index (χ2v) is 9.27. The lowest BCUT2D eigenvalue weighted by Crippen LogP contribution is -2.43. The fourth-order valence-electron chi connectivity index (χ4n) is 3.55. The van der Waals surface area contributed by atoms with Crippen LogP contribution in [0.2, 0.25) is 0 Å². The Hall–Kier alpha value is -1.89. The summed E-state index contributed by atoms with van der Waals surface area (Å²) in [7, 11) is 0. The largest absolute Gasteiger partial charge is 0.381 e. The second kappa shape index (κ2) is 12.1. The van der Waals surface area contributed by atoms with E-state index in [4.69, 9.17) is 14.5 Å². The van der Waals surface area contributed by atoms with Gasteiger partial charge in [0.05, 0.1) is 19.3 Å². The van der Waals surface area contributed by atoms with Gasteiger partial charge in [-0.2, -0.15) is 0 Å². The molecule has 1 aliphatic heterocycles. The smallest absolute Gasteiger partial charge is 0.191 e. The highest BCUT2D eigenvalue weighted by Gasteiger charge is 2.14. The molecule has 2 heterocycles. The van der Waals surface area contributed by atoms with Gasteiger partial charge in [-0.3, -0.25) is 0 Å². The summed E-state index contributed by atoms with van der Waals surface area (Å²) >= 11 is 1.86. The summed E-state index contributed by atoms with van der Waals surface area (Å²) in [4.78, 5) is 7.57. The number of aliphatic imine (C=N–C) groups is 1. The molecule has 6 heteroatoms. The number of hydrogen-bond acceptors (Lipinski definition) is 4. The fraction of sp³-hybridized carbons (Fsp3) is 0.542. The van der Waals surface area contributed by atoms with Gasteiger partial charge < -0.3 is 20.1 Å². The number of thiophene rings is 1. The van der Waals surface area contributed by atoms with E-state index in [1.54, 1.807) is 0 Å². The Balaban J connectivity index is 1.52. The van der Waals surface area contributed by atoms with Crippen LogP contribution in [-0.2, 0) is 29.0 Å². The van der Waals surface area contributed by atoms with Crippen molar-refractivity contribution in [3.05, 3.63) is 57.3 Å². The van der Waals surface area contributed by atoms with E-state index in [0.717, 1.165) is 45.0 Å². The predicted octanol–water partition coefficient (Wildman–Crippen LogP) is 4.44. The molecule has 0 bridgehead atoms. The molecule has 1 aromatic carbocycles. The average Bonchev–Trinajstić information content (AvgIpc) is 3.16. The minimum atomic E-state index is 0.318. The van der Waals surface area contributed by atoms with Crippen molar-refractivity contribution >= 4 is 17.3 Å². The third-order valence-corrected chi connectivity index (χ3v) is 6.12. The van der Waals surface area contributed by atoms with Gasteiger partial charge in [-0.1, -0.05) is 24.3 Å². The number of ether oxygens (including phenoxy) is 2. The normalized spacial score (nSPS) is 16.4. The lowest BCUT2D eigenvalue weighted by molar-refractivity contribution is -0.0390. The number of benzene rings is 1. The Morgan fingerprint density at radius 2 is 2.03 bits per heavy atom. The molecule has 1 unspecified atom stereocenters. The highest BCUT2D eigenvalue weighted by molar-refractivity contribution is 7.11. The van der Waals surface area contributed by atoms with Gasteiger partial charge in [-0.15, -0.1) is 11.3 Å². The van der Waals surface area contributed by atoms with Crippen molar-refractivity contribution in [3.8, 4) is 0 Å². The van der Waals surface area contributed by atoms with E-state index in [1.807, 2.05) is 11.3 Å². The third kappa shape index (κ3) is 7.74. The van der Waals surface area contributed by atoms with Gasteiger partial charge in [0.25, 0.3) is 0 Å². The molecule has 1 fully saturated rings. The minimum absolute atomic E-state index is 0.318. The molecule has 2 aromatic rings. The maximum absolute atomic E-state index is 6.06. The van der Waals surface area contributed by atoms with Crippen molar-refractivity contribution < 1.29 is 9.47 Å². The number of hydrogen-bond donors (Lipinski definition) is 2. The summed E-state index contributed by atoms with van der Waals surface area (Å²) < 4.78 is 11.5. The monoisotopic (exact) mass is 429 g/mol. The quantitative estimate of drug-likeness (QED) is 0.457. The molecule has 2 N–H and O–H groups in total. The molecule has 1 saturated heterocycles. The SMILES string of the molecule is CCNC(=NCc1cccc(COC2CCOCC2)c1)NC(C)Cc1ccc(C)s1. The summed E-state index contributed by atoms with van der Waals surface area (Å²) in [6.07, 6.45) is 3.30. The molecular formula is C24H35N3O2S. The Bertz CT molecular complexity index is 799. The van der Waals surface area contributed by atoms with Crippen molar-refractivity contribution in [2.24, 2.45) is 4.99 Å². The molecule has 0 radical (unpaired) electrons. The van der Waals surface area contributed by atoms with E-state index >= 15 is 0 Å². The second-order valence-electron chi connectivity index (χ2n) is 7.90. The van der Waals surface area contributed by atoms with Gasteiger partial charge in [0.15, 0.2) is 5.96 Å². The van der Waals surface area contributed by atoms with Gasteiger partial charge in [0.2, 0.25) is 0 Å². The summed E-state index contributed by atoms with van der Waals surface area (Å²) in [6, 6.07) is 13.3. The van der Waals surface area contributed by atoms with E-state index in [0.29, 0.717) is 25.3 Å². The highest BCUT2D eigenvalue weighted by Crippen LogP contribution is 2.17. The van der Waals surface area contributed by atoms with Crippen molar-refractivity contribution in [2.75, 3.05) is 19.8 Å². The molecule has 1 atom stereocenters. The summed E-state index contributed by atoms with van der Waals surface area (Å²) in [5, 5.41) is 6.90. The van der Waals surface area contributed by atoms with Gasteiger partial charge in [-0.05, 0) is 56.9 Å². The van der Waals surface area contributed by atoms with Crippen LogP contribution in [0.3, 0.4) is 0 Å². The molecular weight excluding hydrogens is 394 g/mol. The molecule has 0 amide bonds. The van der Waals surface area contributed by atoms with Crippen LogP contribution >= 0.6 is 11.3 Å². The first-order valence-electron chi connectivity index (χ1n) is 11.0. The van der Waals surface area contributed by atoms with Crippen molar-refractivity contribution in [1.29, 1.82) is 0 Å². The number of guanidine groups is 1. The summed E-state index contributed by atoms with van der Waals surface area (Å²) in [5.74, 6) is 0.863. The van der Waals surface area contributed by atoms with Crippen LogP contribution in [0.5, 0.6) is 0 Å². The predicted molar refractivity (Wildman–Crippen MR) is 125 cm³/mol. The highest BCUT2D eigenvalue weighted by atomic mass is 32.1. The summed E-state index contributed by atoms with van der Waals surface area (Å²) in [5.41, 5.74) is 2.40. The first-order chi connectivity index (χ1) is 14.6. The molecule has 0 aliphatic carbocycles. The third-order valence-electron chi connectivity index (χ3n) is 5.10. The molecule has 1 aromatic heterocycles. The maximum atomic E-state index is 6.06. The molecule has 3 rings (SSSR count). The number of nitrogens with zero attached hydrogens (tertiary/aromatic N) is 1. The first-order valence-corrected chi connectivity index (χ1v) is 11.8. The fourth-order valence-corrected chi connectivity index (χ4v) is 4.56. The maximum Gasteiger partial charge on any atom is 0.191 e.